The molecule has 1 rings (SSSR count). The van der Waals surface area contributed by atoms with Gasteiger partial charge in [0, 0.05) is 19.6 Å². The van der Waals surface area contributed by atoms with E-state index in [1.807, 2.05) is 6.07 Å². The molecule has 0 fully saturated rings. The van der Waals surface area contributed by atoms with Crippen LogP contribution in [0.15, 0.2) is 18.2 Å². The summed E-state index contributed by atoms with van der Waals surface area (Å²) in [6.45, 7) is 3.06. The number of nitrogens with one attached hydrogen (secondary N) is 2. The van der Waals surface area contributed by atoms with Crippen molar-refractivity contribution in [1.82, 2.24) is 10.0 Å². The molecule has 0 spiro atoms. The highest BCUT2D eigenvalue weighted by molar-refractivity contribution is 7.88. The third-order valence-electron chi connectivity index (χ3n) is 2.23. The first kappa shape index (κ1) is 14.1. The molecule has 0 saturated carbocycles. The minimum absolute atomic E-state index is 0.224. The zero-order chi connectivity index (χ0) is 12.9. The fraction of sp³-hybridized carbons (Fsp3) is 0.455. The van der Waals surface area contributed by atoms with Crippen molar-refractivity contribution in [2.24, 2.45) is 0 Å². The Labute approximate surface area is 101 Å². The number of sulfonamides is 1. The molecule has 4 nitrogen and oxygen atoms in total. The topological polar surface area (TPSA) is 58.2 Å². The molecule has 0 heterocycles. The predicted molar refractivity (Wildman–Crippen MR) is 65.7 cm³/mol. The normalized spacial score (nSPS) is 11.7. The largest absolute Gasteiger partial charge is 0.311 e. The molecule has 2 N–H and O–H groups in total. The van der Waals surface area contributed by atoms with Gasteiger partial charge in [-0.2, -0.15) is 0 Å². The molecule has 96 valence electrons. The molecule has 0 aliphatic heterocycles. The Morgan fingerprint density at radius 1 is 1.29 bits per heavy atom. The van der Waals surface area contributed by atoms with Gasteiger partial charge in [0.1, 0.15) is 5.82 Å². The number of halogens is 1. The summed E-state index contributed by atoms with van der Waals surface area (Å²) in [7, 11) is -3.13. The highest BCUT2D eigenvalue weighted by Crippen LogP contribution is 2.08. The summed E-state index contributed by atoms with van der Waals surface area (Å²) >= 11 is 0. The summed E-state index contributed by atoms with van der Waals surface area (Å²) in [5.41, 5.74) is 1.46. The standard InChI is InChI=1S/C11H17FN2O2S/c1-9-3-4-10(7-11(9)12)8-13-5-6-14-17(2,15)16/h3-4,7,13-14H,5-6,8H2,1-2H3. The highest BCUT2D eigenvalue weighted by Gasteiger charge is 2.00. The lowest BCUT2D eigenvalue weighted by molar-refractivity contribution is 0.581. The number of rotatable bonds is 6. The average molecular weight is 260 g/mol. The van der Waals surface area contributed by atoms with E-state index < -0.39 is 10.0 Å². The van der Waals surface area contributed by atoms with Crippen LogP contribution in [0.2, 0.25) is 0 Å². The maximum Gasteiger partial charge on any atom is 0.208 e. The van der Waals surface area contributed by atoms with E-state index in [0.29, 0.717) is 25.2 Å². The van der Waals surface area contributed by atoms with Gasteiger partial charge in [-0.3, -0.25) is 0 Å². The molecule has 0 aromatic heterocycles. The van der Waals surface area contributed by atoms with Crippen LogP contribution in [0.5, 0.6) is 0 Å². The van der Waals surface area contributed by atoms with Crippen LogP contribution in [0.1, 0.15) is 11.1 Å². The maximum atomic E-state index is 13.2. The molecular weight excluding hydrogens is 243 g/mol. The van der Waals surface area contributed by atoms with Crippen LogP contribution < -0.4 is 10.0 Å². The van der Waals surface area contributed by atoms with E-state index in [1.54, 1.807) is 13.0 Å². The molecule has 0 radical (unpaired) electrons. The van der Waals surface area contributed by atoms with E-state index in [-0.39, 0.29) is 5.82 Å². The molecule has 0 aliphatic carbocycles. The summed E-state index contributed by atoms with van der Waals surface area (Å²) in [6.07, 6.45) is 1.11. The van der Waals surface area contributed by atoms with Crippen molar-refractivity contribution < 1.29 is 12.8 Å². The van der Waals surface area contributed by atoms with E-state index in [4.69, 9.17) is 0 Å². The van der Waals surface area contributed by atoms with Crippen LogP contribution in [0.25, 0.3) is 0 Å². The van der Waals surface area contributed by atoms with Gasteiger partial charge in [0.15, 0.2) is 0 Å². The highest BCUT2D eigenvalue weighted by atomic mass is 32.2. The van der Waals surface area contributed by atoms with Gasteiger partial charge in [-0.15, -0.1) is 0 Å². The number of aryl methyl sites for hydroxylation is 1. The Balaban J connectivity index is 2.29. The maximum absolute atomic E-state index is 13.2. The molecule has 17 heavy (non-hydrogen) atoms. The predicted octanol–water partition coefficient (Wildman–Crippen LogP) is 0.773. The lowest BCUT2D eigenvalue weighted by Gasteiger charge is -2.06. The smallest absolute Gasteiger partial charge is 0.208 e. The van der Waals surface area contributed by atoms with Gasteiger partial charge in [-0.05, 0) is 24.1 Å². The molecular formula is C11H17FN2O2S. The van der Waals surface area contributed by atoms with Crippen LogP contribution in [0.4, 0.5) is 4.39 Å². The Hall–Kier alpha value is -0.980. The van der Waals surface area contributed by atoms with Crippen molar-refractivity contribution in [1.29, 1.82) is 0 Å². The molecule has 0 atom stereocenters. The van der Waals surface area contributed by atoms with Gasteiger partial charge in [0.05, 0.1) is 6.26 Å². The summed E-state index contributed by atoms with van der Waals surface area (Å²) < 4.78 is 37.1. The average Bonchev–Trinajstić information content (AvgIpc) is 2.21. The van der Waals surface area contributed by atoms with Crippen molar-refractivity contribution in [3.8, 4) is 0 Å². The molecule has 0 unspecified atom stereocenters. The second kappa shape index (κ2) is 6.09. The third-order valence-corrected chi connectivity index (χ3v) is 2.96. The molecule has 0 bridgehead atoms. The minimum Gasteiger partial charge on any atom is -0.311 e. The molecule has 1 aromatic carbocycles. The quantitative estimate of drug-likeness (QED) is 0.743. The van der Waals surface area contributed by atoms with Gasteiger partial charge in [0.2, 0.25) is 10.0 Å². The van der Waals surface area contributed by atoms with Crippen LogP contribution in [0, 0.1) is 12.7 Å². The van der Waals surface area contributed by atoms with Crippen molar-refractivity contribution in [3.63, 3.8) is 0 Å². The van der Waals surface area contributed by atoms with Crippen LogP contribution >= 0.6 is 0 Å². The van der Waals surface area contributed by atoms with Gasteiger partial charge in [-0.25, -0.2) is 17.5 Å². The zero-order valence-electron chi connectivity index (χ0n) is 9.96. The summed E-state index contributed by atoms with van der Waals surface area (Å²) in [5.74, 6) is -0.224. The monoisotopic (exact) mass is 260 g/mol. The first-order valence-electron chi connectivity index (χ1n) is 5.29. The second-order valence-corrected chi connectivity index (χ2v) is 5.76. The van der Waals surface area contributed by atoms with Crippen LogP contribution in [-0.2, 0) is 16.6 Å². The van der Waals surface area contributed by atoms with Crippen molar-refractivity contribution in [3.05, 3.63) is 35.1 Å². The summed E-state index contributed by atoms with van der Waals surface area (Å²) in [4.78, 5) is 0. The van der Waals surface area contributed by atoms with Gasteiger partial charge < -0.3 is 5.32 Å². The van der Waals surface area contributed by atoms with Gasteiger partial charge in [0.25, 0.3) is 0 Å². The van der Waals surface area contributed by atoms with Crippen molar-refractivity contribution in [2.75, 3.05) is 19.3 Å². The van der Waals surface area contributed by atoms with E-state index in [2.05, 4.69) is 10.0 Å². The third kappa shape index (κ3) is 5.76. The Kier molecular flexibility index (Phi) is 5.04. The lowest BCUT2D eigenvalue weighted by atomic mass is 10.1. The lowest BCUT2D eigenvalue weighted by Crippen LogP contribution is -2.30. The van der Waals surface area contributed by atoms with Crippen molar-refractivity contribution >= 4 is 10.0 Å². The van der Waals surface area contributed by atoms with E-state index in [0.717, 1.165) is 11.8 Å². The molecule has 0 aliphatic rings. The second-order valence-electron chi connectivity index (χ2n) is 3.93. The van der Waals surface area contributed by atoms with Crippen LogP contribution in [-0.4, -0.2) is 27.8 Å². The van der Waals surface area contributed by atoms with E-state index in [1.165, 1.54) is 6.07 Å². The van der Waals surface area contributed by atoms with E-state index >= 15 is 0 Å². The number of hydrogen-bond acceptors (Lipinski definition) is 3. The minimum atomic E-state index is -3.13. The van der Waals surface area contributed by atoms with Gasteiger partial charge in [-0.1, -0.05) is 12.1 Å². The fourth-order valence-electron chi connectivity index (χ4n) is 1.30. The molecule has 0 amide bonds. The van der Waals surface area contributed by atoms with E-state index in [9.17, 15) is 12.8 Å². The summed E-state index contributed by atoms with van der Waals surface area (Å²) in [5, 5.41) is 3.03. The first-order chi connectivity index (χ1) is 7.88. The Morgan fingerprint density at radius 2 is 2.00 bits per heavy atom. The van der Waals surface area contributed by atoms with Crippen LogP contribution in [0.3, 0.4) is 0 Å². The molecule has 1 aromatic rings. The zero-order valence-corrected chi connectivity index (χ0v) is 10.8. The molecule has 0 saturated heterocycles. The summed E-state index contributed by atoms with van der Waals surface area (Å²) in [6, 6.07) is 5.04. The Morgan fingerprint density at radius 3 is 2.59 bits per heavy atom. The molecule has 6 heteroatoms. The first-order valence-corrected chi connectivity index (χ1v) is 7.18. The van der Waals surface area contributed by atoms with Gasteiger partial charge >= 0.3 is 0 Å². The van der Waals surface area contributed by atoms with Crippen molar-refractivity contribution in [2.45, 2.75) is 13.5 Å². The number of hydrogen-bond donors (Lipinski definition) is 2. The SMILES string of the molecule is Cc1ccc(CNCCNS(C)(=O)=O)cc1F. The Bertz CT molecular complexity index is 474. The number of benzene rings is 1. The fourth-order valence-corrected chi connectivity index (χ4v) is 1.78.